The summed E-state index contributed by atoms with van der Waals surface area (Å²) in [6.07, 6.45) is 1.82. The van der Waals surface area contributed by atoms with Gasteiger partial charge in [0.05, 0.1) is 24.7 Å². The largest absolute Gasteiger partial charge is 0.494 e. The van der Waals surface area contributed by atoms with Gasteiger partial charge in [0.1, 0.15) is 5.75 Å². The van der Waals surface area contributed by atoms with Crippen molar-refractivity contribution >= 4 is 0 Å². The molecule has 0 radical (unpaired) electrons. The quantitative estimate of drug-likeness (QED) is 0.802. The van der Waals surface area contributed by atoms with Gasteiger partial charge in [0, 0.05) is 6.61 Å². The average molecular weight is 231 g/mol. The van der Waals surface area contributed by atoms with Crippen molar-refractivity contribution in [3.63, 3.8) is 0 Å². The molecule has 1 heterocycles. The van der Waals surface area contributed by atoms with Gasteiger partial charge in [0.15, 0.2) is 0 Å². The number of rotatable bonds is 3. The van der Waals surface area contributed by atoms with Gasteiger partial charge in [-0.1, -0.05) is 12.1 Å². The van der Waals surface area contributed by atoms with E-state index in [1.54, 1.807) is 0 Å². The van der Waals surface area contributed by atoms with E-state index in [0.29, 0.717) is 6.61 Å². The summed E-state index contributed by atoms with van der Waals surface area (Å²) in [7, 11) is 0. The van der Waals surface area contributed by atoms with Crippen LogP contribution >= 0.6 is 0 Å². The molecule has 1 aromatic rings. The molecule has 0 amide bonds. The molecule has 2 unspecified atom stereocenters. The maximum absolute atomic E-state index is 9.11. The molecule has 1 aliphatic rings. The van der Waals surface area contributed by atoms with Crippen LogP contribution in [0.25, 0.3) is 0 Å². The van der Waals surface area contributed by atoms with Crippen molar-refractivity contribution in [3.05, 3.63) is 29.8 Å². The minimum atomic E-state index is -0.0792. The lowest BCUT2D eigenvalue weighted by molar-refractivity contribution is -0.0102. The number of hydrogen-bond donors (Lipinski definition) is 0. The zero-order chi connectivity index (χ0) is 12.1. The molecule has 1 fully saturated rings. The van der Waals surface area contributed by atoms with Crippen molar-refractivity contribution in [2.24, 2.45) is 5.92 Å². The standard InChI is InChI=1S/C14H17NO2/c1-2-16-13-7-5-11(6-8-13)14-12(10-15)4-3-9-17-14/h5-8,12,14H,2-4,9H2,1H3. The fourth-order valence-corrected chi connectivity index (χ4v) is 2.16. The third-order valence-corrected chi connectivity index (χ3v) is 3.01. The topological polar surface area (TPSA) is 42.2 Å². The average Bonchev–Trinajstić information content (AvgIpc) is 2.40. The highest BCUT2D eigenvalue weighted by molar-refractivity contribution is 5.29. The Balaban J connectivity index is 2.12. The minimum absolute atomic E-state index is 0.0262. The third-order valence-electron chi connectivity index (χ3n) is 3.01. The van der Waals surface area contributed by atoms with E-state index in [9.17, 15) is 0 Å². The number of nitrogens with zero attached hydrogens (tertiary/aromatic N) is 1. The van der Waals surface area contributed by atoms with Gasteiger partial charge in [0.2, 0.25) is 0 Å². The van der Waals surface area contributed by atoms with Gasteiger partial charge in [-0.05, 0) is 37.5 Å². The summed E-state index contributed by atoms with van der Waals surface area (Å²) in [6.45, 7) is 3.38. The Hall–Kier alpha value is -1.53. The Bertz CT molecular complexity index is 394. The summed E-state index contributed by atoms with van der Waals surface area (Å²) in [4.78, 5) is 0. The summed E-state index contributed by atoms with van der Waals surface area (Å²) in [5, 5.41) is 9.11. The van der Waals surface area contributed by atoms with Crippen molar-refractivity contribution in [2.45, 2.75) is 25.9 Å². The Kier molecular flexibility index (Phi) is 4.00. The molecule has 1 saturated heterocycles. The van der Waals surface area contributed by atoms with E-state index in [1.807, 2.05) is 31.2 Å². The number of hydrogen-bond acceptors (Lipinski definition) is 3. The van der Waals surface area contributed by atoms with E-state index < -0.39 is 0 Å². The van der Waals surface area contributed by atoms with E-state index in [0.717, 1.165) is 30.8 Å². The molecule has 1 aliphatic heterocycles. The first-order chi connectivity index (χ1) is 8.35. The molecule has 0 N–H and O–H groups in total. The Morgan fingerprint density at radius 1 is 1.41 bits per heavy atom. The van der Waals surface area contributed by atoms with Gasteiger partial charge < -0.3 is 9.47 Å². The first kappa shape index (κ1) is 11.9. The number of benzene rings is 1. The maximum atomic E-state index is 9.11. The second kappa shape index (κ2) is 5.70. The molecule has 0 aliphatic carbocycles. The summed E-state index contributed by atoms with van der Waals surface area (Å²) < 4.78 is 11.1. The molecule has 90 valence electrons. The lowest BCUT2D eigenvalue weighted by Crippen LogP contribution is -2.21. The van der Waals surface area contributed by atoms with Crippen molar-refractivity contribution in [3.8, 4) is 11.8 Å². The third kappa shape index (κ3) is 2.78. The second-order valence-corrected chi connectivity index (χ2v) is 4.17. The van der Waals surface area contributed by atoms with E-state index in [2.05, 4.69) is 6.07 Å². The zero-order valence-electron chi connectivity index (χ0n) is 10.1. The summed E-state index contributed by atoms with van der Waals surface area (Å²) in [6, 6.07) is 10.2. The van der Waals surface area contributed by atoms with Crippen LogP contribution < -0.4 is 4.74 Å². The summed E-state index contributed by atoms with van der Waals surface area (Å²) >= 11 is 0. The van der Waals surface area contributed by atoms with Crippen molar-refractivity contribution in [2.75, 3.05) is 13.2 Å². The molecule has 3 heteroatoms. The molecule has 17 heavy (non-hydrogen) atoms. The van der Waals surface area contributed by atoms with Crippen molar-refractivity contribution < 1.29 is 9.47 Å². The summed E-state index contributed by atoms with van der Waals surface area (Å²) in [5.41, 5.74) is 1.07. The van der Waals surface area contributed by atoms with Gasteiger partial charge in [-0.15, -0.1) is 0 Å². The molecule has 1 aromatic carbocycles. The lowest BCUT2D eigenvalue weighted by Gasteiger charge is -2.27. The smallest absolute Gasteiger partial charge is 0.119 e. The van der Waals surface area contributed by atoms with Gasteiger partial charge in [-0.3, -0.25) is 0 Å². The second-order valence-electron chi connectivity index (χ2n) is 4.17. The van der Waals surface area contributed by atoms with Crippen LogP contribution in [0.3, 0.4) is 0 Å². The van der Waals surface area contributed by atoms with Crippen LogP contribution in [0.2, 0.25) is 0 Å². The van der Waals surface area contributed by atoms with E-state index in [1.165, 1.54) is 0 Å². The normalized spacial score (nSPS) is 24.0. The highest BCUT2D eigenvalue weighted by Gasteiger charge is 2.27. The predicted molar refractivity (Wildman–Crippen MR) is 64.6 cm³/mol. The SMILES string of the molecule is CCOc1ccc(C2OCCCC2C#N)cc1. The molecule has 2 rings (SSSR count). The van der Waals surface area contributed by atoms with Crippen LogP contribution in [0.5, 0.6) is 5.75 Å². The van der Waals surface area contributed by atoms with Crippen LogP contribution in [-0.2, 0) is 4.74 Å². The molecule has 0 spiro atoms. The first-order valence-electron chi connectivity index (χ1n) is 6.09. The van der Waals surface area contributed by atoms with Crippen LogP contribution in [0.4, 0.5) is 0 Å². The fraction of sp³-hybridized carbons (Fsp3) is 0.500. The van der Waals surface area contributed by atoms with Gasteiger partial charge in [-0.2, -0.15) is 5.26 Å². The number of nitriles is 1. The Labute approximate surface area is 102 Å². The molecule has 0 saturated carbocycles. The molecule has 0 aromatic heterocycles. The van der Waals surface area contributed by atoms with Crippen LogP contribution in [-0.4, -0.2) is 13.2 Å². The molecular formula is C14H17NO2. The predicted octanol–water partition coefficient (Wildman–Crippen LogP) is 3.08. The zero-order valence-corrected chi connectivity index (χ0v) is 10.1. The monoisotopic (exact) mass is 231 g/mol. The first-order valence-corrected chi connectivity index (χ1v) is 6.09. The van der Waals surface area contributed by atoms with Crippen molar-refractivity contribution in [1.82, 2.24) is 0 Å². The molecular weight excluding hydrogens is 214 g/mol. The van der Waals surface area contributed by atoms with Gasteiger partial charge >= 0.3 is 0 Å². The van der Waals surface area contributed by atoms with Crippen LogP contribution in [0, 0.1) is 17.2 Å². The maximum Gasteiger partial charge on any atom is 0.119 e. The molecule has 2 atom stereocenters. The van der Waals surface area contributed by atoms with Crippen molar-refractivity contribution in [1.29, 1.82) is 5.26 Å². The van der Waals surface area contributed by atoms with E-state index >= 15 is 0 Å². The molecule has 0 bridgehead atoms. The minimum Gasteiger partial charge on any atom is -0.494 e. The fourth-order valence-electron chi connectivity index (χ4n) is 2.16. The molecule has 3 nitrogen and oxygen atoms in total. The van der Waals surface area contributed by atoms with Gasteiger partial charge in [0.25, 0.3) is 0 Å². The van der Waals surface area contributed by atoms with Crippen LogP contribution in [0.15, 0.2) is 24.3 Å². The summed E-state index contributed by atoms with van der Waals surface area (Å²) in [5.74, 6) is 0.835. The van der Waals surface area contributed by atoms with E-state index in [4.69, 9.17) is 14.7 Å². The van der Waals surface area contributed by atoms with Gasteiger partial charge in [-0.25, -0.2) is 0 Å². The highest BCUT2D eigenvalue weighted by atomic mass is 16.5. The Morgan fingerprint density at radius 2 is 2.18 bits per heavy atom. The Morgan fingerprint density at radius 3 is 2.82 bits per heavy atom. The number of ether oxygens (including phenoxy) is 2. The highest BCUT2D eigenvalue weighted by Crippen LogP contribution is 2.33. The van der Waals surface area contributed by atoms with E-state index in [-0.39, 0.29) is 12.0 Å². The van der Waals surface area contributed by atoms with Crippen LogP contribution in [0.1, 0.15) is 31.4 Å². The lowest BCUT2D eigenvalue weighted by atomic mass is 9.91.